The third-order valence-electron chi connectivity index (χ3n) is 3.39. The minimum absolute atomic E-state index is 0.0227. The zero-order valence-corrected chi connectivity index (χ0v) is 12.1. The fourth-order valence-corrected chi connectivity index (χ4v) is 2.34. The van der Waals surface area contributed by atoms with Gasteiger partial charge in [-0.05, 0) is 30.2 Å². The standard InChI is InChI=1S/C17H16N2O.CHN/c20-17(13-6-2-1-3-7-13)18-11-10-14-12-19-16-9-5-4-8-15(14)16;1-2/h1-9,12,19H,10-11H2,(H,18,20);1H. The van der Waals surface area contributed by atoms with E-state index in [2.05, 4.69) is 29.0 Å². The molecule has 0 aliphatic carbocycles. The smallest absolute Gasteiger partial charge is 0.251 e. The van der Waals surface area contributed by atoms with Crippen molar-refractivity contribution in [3.05, 3.63) is 71.9 Å². The largest absolute Gasteiger partial charge is 0.361 e. The van der Waals surface area contributed by atoms with Crippen LogP contribution in [0.5, 0.6) is 0 Å². The third kappa shape index (κ3) is 3.53. The van der Waals surface area contributed by atoms with Gasteiger partial charge < -0.3 is 10.3 Å². The molecule has 2 N–H and O–H groups in total. The molecule has 0 fully saturated rings. The molecular weight excluding hydrogens is 274 g/mol. The van der Waals surface area contributed by atoms with Crippen molar-refractivity contribution in [2.24, 2.45) is 0 Å². The maximum Gasteiger partial charge on any atom is 0.251 e. The average Bonchev–Trinajstić information content (AvgIpc) is 3.01. The summed E-state index contributed by atoms with van der Waals surface area (Å²) in [4.78, 5) is 15.2. The number of aromatic nitrogens is 1. The minimum atomic E-state index is -0.0227. The van der Waals surface area contributed by atoms with E-state index in [1.54, 1.807) is 0 Å². The molecule has 0 spiro atoms. The number of carbonyl (C=O) groups excluding carboxylic acids is 1. The lowest BCUT2D eigenvalue weighted by Gasteiger charge is -2.04. The Balaban J connectivity index is 0.000000847. The van der Waals surface area contributed by atoms with Crippen LogP contribution < -0.4 is 5.32 Å². The van der Waals surface area contributed by atoms with Crippen LogP contribution >= 0.6 is 0 Å². The maximum absolute atomic E-state index is 11.9. The van der Waals surface area contributed by atoms with Crippen molar-refractivity contribution in [1.29, 1.82) is 5.26 Å². The van der Waals surface area contributed by atoms with Crippen molar-refractivity contribution in [3.63, 3.8) is 0 Å². The van der Waals surface area contributed by atoms with Gasteiger partial charge in [-0.1, -0.05) is 36.4 Å². The van der Waals surface area contributed by atoms with Gasteiger partial charge in [0.05, 0.1) is 0 Å². The lowest BCUT2D eigenvalue weighted by atomic mass is 10.1. The molecule has 0 atom stereocenters. The highest BCUT2D eigenvalue weighted by molar-refractivity contribution is 5.94. The summed E-state index contributed by atoms with van der Waals surface area (Å²) >= 11 is 0. The molecule has 0 aliphatic heterocycles. The molecular formula is C18H17N3O. The Kier molecular flexibility index (Phi) is 5.33. The highest BCUT2D eigenvalue weighted by atomic mass is 16.1. The second-order valence-electron chi connectivity index (χ2n) is 4.73. The minimum Gasteiger partial charge on any atom is -0.361 e. The van der Waals surface area contributed by atoms with E-state index in [4.69, 9.17) is 5.26 Å². The number of carbonyl (C=O) groups is 1. The van der Waals surface area contributed by atoms with Crippen LogP contribution in [0.3, 0.4) is 0 Å². The number of para-hydroxylation sites is 1. The molecule has 0 unspecified atom stereocenters. The van der Waals surface area contributed by atoms with Crippen molar-refractivity contribution >= 4 is 16.8 Å². The molecule has 0 aliphatic rings. The molecule has 0 saturated carbocycles. The number of aromatic amines is 1. The molecule has 3 rings (SSSR count). The Hall–Kier alpha value is -3.06. The number of nitrogens with one attached hydrogen (secondary N) is 2. The van der Waals surface area contributed by atoms with Crippen molar-refractivity contribution in [3.8, 4) is 6.57 Å². The molecule has 0 bridgehead atoms. The van der Waals surface area contributed by atoms with Gasteiger partial charge in [0.25, 0.3) is 5.91 Å². The van der Waals surface area contributed by atoms with Gasteiger partial charge in [0.1, 0.15) is 0 Å². The van der Waals surface area contributed by atoms with Crippen LogP contribution in [-0.4, -0.2) is 17.4 Å². The highest BCUT2D eigenvalue weighted by Crippen LogP contribution is 2.17. The first kappa shape index (κ1) is 15.3. The summed E-state index contributed by atoms with van der Waals surface area (Å²) in [5, 5.41) is 10.7. The van der Waals surface area contributed by atoms with Crippen LogP contribution in [0.15, 0.2) is 60.8 Å². The van der Waals surface area contributed by atoms with Gasteiger partial charge in [0.2, 0.25) is 0 Å². The lowest BCUT2D eigenvalue weighted by molar-refractivity contribution is 0.0954. The summed E-state index contributed by atoms with van der Waals surface area (Å²) in [7, 11) is 0. The monoisotopic (exact) mass is 291 g/mol. The zero-order valence-electron chi connectivity index (χ0n) is 12.1. The highest BCUT2D eigenvalue weighted by Gasteiger charge is 2.05. The molecule has 4 heteroatoms. The number of fused-ring (bicyclic) bond motifs is 1. The normalized spacial score (nSPS) is 9.73. The molecule has 3 aromatic rings. The van der Waals surface area contributed by atoms with Crippen molar-refractivity contribution in [1.82, 2.24) is 10.3 Å². The molecule has 1 aromatic heterocycles. The fourth-order valence-electron chi connectivity index (χ4n) is 2.34. The van der Waals surface area contributed by atoms with Gasteiger partial charge in [-0.25, -0.2) is 5.26 Å². The molecule has 0 radical (unpaired) electrons. The number of hydrogen-bond donors (Lipinski definition) is 2. The quantitative estimate of drug-likeness (QED) is 0.774. The van der Waals surface area contributed by atoms with Crippen molar-refractivity contribution in [2.45, 2.75) is 6.42 Å². The van der Waals surface area contributed by atoms with Crippen LogP contribution in [0, 0.1) is 11.8 Å². The van der Waals surface area contributed by atoms with Gasteiger partial charge in [-0.2, -0.15) is 0 Å². The van der Waals surface area contributed by atoms with Gasteiger partial charge in [-0.3, -0.25) is 4.79 Å². The van der Waals surface area contributed by atoms with E-state index >= 15 is 0 Å². The maximum atomic E-state index is 11.9. The Morgan fingerprint density at radius 2 is 1.73 bits per heavy atom. The predicted molar refractivity (Wildman–Crippen MR) is 87.4 cm³/mol. The Morgan fingerprint density at radius 1 is 1.05 bits per heavy atom. The van der Waals surface area contributed by atoms with E-state index in [1.807, 2.05) is 48.7 Å². The van der Waals surface area contributed by atoms with E-state index in [0.29, 0.717) is 12.1 Å². The summed E-state index contributed by atoms with van der Waals surface area (Å²) in [5.41, 5.74) is 3.07. The van der Waals surface area contributed by atoms with E-state index in [-0.39, 0.29) is 5.91 Å². The summed E-state index contributed by atoms with van der Waals surface area (Å²) in [6.07, 6.45) is 2.84. The molecule has 1 heterocycles. The van der Waals surface area contributed by atoms with Crippen molar-refractivity contribution in [2.75, 3.05) is 6.54 Å². The molecule has 22 heavy (non-hydrogen) atoms. The number of amides is 1. The first-order chi connectivity index (χ1) is 10.8. The van der Waals surface area contributed by atoms with E-state index in [1.165, 1.54) is 10.9 Å². The predicted octanol–water partition coefficient (Wildman–Crippen LogP) is 3.28. The van der Waals surface area contributed by atoms with Gasteiger partial charge in [-0.15, -0.1) is 0 Å². The number of nitriles is 1. The van der Waals surface area contributed by atoms with Crippen LogP contribution in [0.2, 0.25) is 0 Å². The van der Waals surface area contributed by atoms with Crippen LogP contribution in [0.1, 0.15) is 15.9 Å². The summed E-state index contributed by atoms with van der Waals surface area (Å²) < 4.78 is 0. The lowest BCUT2D eigenvalue weighted by Crippen LogP contribution is -2.25. The molecule has 2 aromatic carbocycles. The van der Waals surface area contributed by atoms with E-state index in [0.717, 1.165) is 11.9 Å². The zero-order chi connectivity index (χ0) is 15.8. The number of hydrogen-bond acceptors (Lipinski definition) is 2. The Bertz CT molecular complexity index is 759. The van der Waals surface area contributed by atoms with Gasteiger partial charge in [0.15, 0.2) is 0 Å². The third-order valence-corrected chi connectivity index (χ3v) is 3.39. The molecule has 1 amide bonds. The first-order valence-corrected chi connectivity index (χ1v) is 6.98. The summed E-state index contributed by atoms with van der Waals surface area (Å²) in [6, 6.07) is 17.5. The number of nitrogens with zero attached hydrogens (tertiary/aromatic N) is 1. The van der Waals surface area contributed by atoms with Crippen LogP contribution in [0.25, 0.3) is 10.9 Å². The topological polar surface area (TPSA) is 68.7 Å². The number of H-pyrrole nitrogens is 1. The van der Waals surface area contributed by atoms with E-state index < -0.39 is 0 Å². The average molecular weight is 291 g/mol. The SMILES string of the molecule is C#N.O=C(NCCc1c[nH]c2ccccc12)c1ccccc1. The number of rotatable bonds is 4. The Morgan fingerprint density at radius 3 is 2.50 bits per heavy atom. The van der Waals surface area contributed by atoms with Crippen molar-refractivity contribution < 1.29 is 4.79 Å². The van der Waals surface area contributed by atoms with Gasteiger partial charge >= 0.3 is 0 Å². The molecule has 0 saturated heterocycles. The van der Waals surface area contributed by atoms with E-state index in [9.17, 15) is 4.79 Å². The summed E-state index contributed by atoms with van der Waals surface area (Å²) in [5.74, 6) is -0.0227. The first-order valence-electron chi connectivity index (χ1n) is 6.98. The fraction of sp³-hybridized carbons (Fsp3) is 0.111. The second kappa shape index (κ2) is 7.65. The second-order valence-corrected chi connectivity index (χ2v) is 4.73. The molecule has 110 valence electrons. The molecule has 4 nitrogen and oxygen atoms in total. The van der Waals surface area contributed by atoms with Crippen LogP contribution in [-0.2, 0) is 6.42 Å². The summed E-state index contributed by atoms with van der Waals surface area (Å²) in [6.45, 7) is 4.13. The number of benzene rings is 2. The van der Waals surface area contributed by atoms with Gasteiger partial charge in [0, 0.05) is 35.8 Å². The Labute approximate surface area is 129 Å². The van der Waals surface area contributed by atoms with Crippen LogP contribution in [0.4, 0.5) is 0 Å².